The third-order valence-electron chi connectivity index (χ3n) is 2.98. The van der Waals surface area contributed by atoms with Gasteiger partial charge in [-0.25, -0.2) is 4.98 Å². The summed E-state index contributed by atoms with van der Waals surface area (Å²) in [7, 11) is 2.01. The molecule has 0 bridgehead atoms. The Balaban J connectivity index is 2.00. The van der Waals surface area contributed by atoms with E-state index in [1.807, 2.05) is 42.5 Å². The zero-order valence-electron chi connectivity index (χ0n) is 10.5. The number of hydrogen-bond donors (Lipinski definition) is 1. The van der Waals surface area contributed by atoms with E-state index in [2.05, 4.69) is 29.1 Å². The maximum Gasteiger partial charge on any atom is 0.125 e. The number of nitrogens with one attached hydrogen (secondary N) is 1. The average Bonchev–Trinajstić information content (AvgIpc) is 2.74. The van der Waals surface area contributed by atoms with Crippen LogP contribution in [-0.2, 0) is 13.6 Å². The minimum Gasteiger partial charge on any atom is -0.337 e. The molecular weight excluding hydrogens is 212 g/mol. The molecule has 0 aliphatic heterocycles. The molecule has 0 fully saturated rings. The summed E-state index contributed by atoms with van der Waals surface area (Å²) >= 11 is 0. The van der Waals surface area contributed by atoms with Crippen molar-refractivity contribution in [3.8, 4) is 0 Å². The first kappa shape index (κ1) is 11.8. The molecule has 2 rings (SSSR count). The van der Waals surface area contributed by atoms with Crippen molar-refractivity contribution in [2.24, 2.45) is 7.05 Å². The van der Waals surface area contributed by atoms with Gasteiger partial charge in [-0.1, -0.05) is 0 Å². The first-order valence-corrected chi connectivity index (χ1v) is 5.78. The fourth-order valence-corrected chi connectivity index (χ4v) is 1.85. The van der Waals surface area contributed by atoms with Crippen LogP contribution in [0.3, 0.4) is 0 Å². The Labute approximate surface area is 102 Å². The number of pyridine rings is 1. The van der Waals surface area contributed by atoms with Crippen molar-refractivity contribution in [2.45, 2.75) is 26.4 Å². The first-order valence-electron chi connectivity index (χ1n) is 5.78. The van der Waals surface area contributed by atoms with E-state index in [-0.39, 0.29) is 6.04 Å². The summed E-state index contributed by atoms with van der Waals surface area (Å²) < 4.78 is 2.04. The van der Waals surface area contributed by atoms with Gasteiger partial charge in [0.25, 0.3) is 0 Å². The summed E-state index contributed by atoms with van der Waals surface area (Å²) in [4.78, 5) is 8.43. The molecule has 0 aliphatic rings. The largest absolute Gasteiger partial charge is 0.337 e. The minimum absolute atomic E-state index is 0.238. The number of aryl methyl sites for hydroxylation is 2. The molecule has 0 radical (unpaired) electrons. The van der Waals surface area contributed by atoms with Crippen LogP contribution >= 0.6 is 0 Å². The Morgan fingerprint density at radius 3 is 2.88 bits per heavy atom. The lowest BCUT2D eigenvalue weighted by molar-refractivity contribution is 0.529. The molecular formula is C13H18N4. The highest BCUT2D eigenvalue weighted by atomic mass is 15.1. The van der Waals surface area contributed by atoms with E-state index in [0.29, 0.717) is 0 Å². The Bertz CT molecular complexity index is 490. The molecule has 2 aromatic rings. The van der Waals surface area contributed by atoms with Gasteiger partial charge in [-0.05, 0) is 31.0 Å². The monoisotopic (exact) mass is 230 g/mol. The average molecular weight is 230 g/mol. The van der Waals surface area contributed by atoms with Gasteiger partial charge in [-0.2, -0.15) is 0 Å². The van der Waals surface area contributed by atoms with Crippen molar-refractivity contribution in [3.05, 3.63) is 47.8 Å². The second-order valence-corrected chi connectivity index (χ2v) is 4.30. The number of imidazole rings is 1. The van der Waals surface area contributed by atoms with Gasteiger partial charge in [-0.3, -0.25) is 4.98 Å². The van der Waals surface area contributed by atoms with E-state index >= 15 is 0 Å². The summed E-state index contributed by atoms with van der Waals surface area (Å²) in [5.41, 5.74) is 2.49. The molecule has 1 atom stereocenters. The van der Waals surface area contributed by atoms with Crippen LogP contribution in [0.1, 0.15) is 29.9 Å². The van der Waals surface area contributed by atoms with E-state index in [1.54, 1.807) is 0 Å². The highest BCUT2D eigenvalue weighted by Gasteiger charge is 2.09. The van der Waals surface area contributed by atoms with E-state index in [9.17, 15) is 0 Å². The lowest BCUT2D eigenvalue weighted by Crippen LogP contribution is -2.21. The summed E-state index contributed by atoms with van der Waals surface area (Å²) in [6, 6.07) is 2.29. The van der Waals surface area contributed by atoms with Gasteiger partial charge in [0.1, 0.15) is 5.82 Å². The Kier molecular flexibility index (Phi) is 3.54. The van der Waals surface area contributed by atoms with Crippen LogP contribution in [0.5, 0.6) is 0 Å². The molecule has 1 N–H and O–H groups in total. The van der Waals surface area contributed by atoms with Gasteiger partial charge >= 0.3 is 0 Å². The lowest BCUT2D eigenvalue weighted by Gasteiger charge is -2.14. The molecule has 4 heteroatoms. The second kappa shape index (κ2) is 5.10. The van der Waals surface area contributed by atoms with E-state index in [1.165, 1.54) is 11.1 Å². The van der Waals surface area contributed by atoms with Crippen LogP contribution in [-0.4, -0.2) is 14.5 Å². The fraction of sp³-hybridized carbons (Fsp3) is 0.385. The Hall–Kier alpha value is -1.68. The van der Waals surface area contributed by atoms with Gasteiger partial charge < -0.3 is 9.88 Å². The van der Waals surface area contributed by atoms with Crippen LogP contribution in [0.25, 0.3) is 0 Å². The lowest BCUT2D eigenvalue weighted by atomic mass is 10.1. The molecule has 2 heterocycles. The van der Waals surface area contributed by atoms with Crippen LogP contribution in [0.15, 0.2) is 30.9 Å². The van der Waals surface area contributed by atoms with Crippen LogP contribution in [0.4, 0.5) is 0 Å². The fourth-order valence-electron chi connectivity index (χ4n) is 1.85. The van der Waals surface area contributed by atoms with Crippen LogP contribution in [0, 0.1) is 6.92 Å². The molecule has 0 aliphatic carbocycles. The molecule has 2 aromatic heterocycles. The van der Waals surface area contributed by atoms with Gasteiger partial charge in [0.05, 0.1) is 6.04 Å². The number of rotatable bonds is 4. The quantitative estimate of drug-likeness (QED) is 0.873. The molecule has 4 nitrogen and oxygen atoms in total. The van der Waals surface area contributed by atoms with Gasteiger partial charge in [0.15, 0.2) is 0 Å². The molecule has 1 unspecified atom stereocenters. The summed E-state index contributed by atoms with van der Waals surface area (Å²) in [6.07, 6.45) is 7.51. The predicted octanol–water partition coefficient (Wildman–Crippen LogP) is 1.97. The standard InChI is InChI=1S/C13H18N4/c1-10-8-14-5-4-12(10)9-16-11(2)13-15-6-7-17(13)3/h4-8,11,16H,9H2,1-3H3. The predicted molar refractivity (Wildman–Crippen MR) is 67.4 cm³/mol. The van der Waals surface area contributed by atoms with Gasteiger partial charge in [0, 0.05) is 38.4 Å². The SMILES string of the molecule is Cc1cnccc1CNC(C)c1nccn1C. The van der Waals surface area contributed by atoms with E-state index in [0.717, 1.165) is 12.4 Å². The van der Waals surface area contributed by atoms with E-state index < -0.39 is 0 Å². The number of aromatic nitrogens is 3. The summed E-state index contributed by atoms with van der Waals surface area (Å²) in [6.45, 7) is 5.04. The molecule has 0 saturated heterocycles. The molecule has 17 heavy (non-hydrogen) atoms. The van der Waals surface area contributed by atoms with Crippen molar-refractivity contribution >= 4 is 0 Å². The smallest absolute Gasteiger partial charge is 0.125 e. The molecule has 0 spiro atoms. The van der Waals surface area contributed by atoms with Crippen LogP contribution < -0.4 is 5.32 Å². The third-order valence-corrected chi connectivity index (χ3v) is 2.98. The van der Waals surface area contributed by atoms with Gasteiger partial charge in [-0.15, -0.1) is 0 Å². The van der Waals surface area contributed by atoms with Crippen molar-refractivity contribution in [1.82, 2.24) is 19.9 Å². The number of nitrogens with zero attached hydrogens (tertiary/aromatic N) is 3. The first-order chi connectivity index (χ1) is 8.18. The topological polar surface area (TPSA) is 42.7 Å². The van der Waals surface area contributed by atoms with Crippen molar-refractivity contribution in [1.29, 1.82) is 0 Å². The zero-order valence-corrected chi connectivity index (χ0v) is 10.5. The third kappa shape index (κ3) is 2.71. The van der Waals surface area contributed by atoms with Crippen molar-refractivity contribution < 1.29 is 0 Å². The second-order valence-electron chi connectivity index (χ2n) is 4.30. The number of hydrogen-bond acceptors (Lipinski definition) is 3. The molecule has 0 amide bonds. The highest BCUT2D eigenvalue weighted by Crippen LogP contribution is 2.11. The summed E-state index contributed by atoms with van der Waals surface area (Å²) in [5.74, 6) is 1.05. The summed E-state index contributed by atoms with van der Waals surface area (Å²) in [5, 5.41) is 3.47. The van der Waals surface area contributed by atoms with E-state index in [4.69, 9.17) is 0 Å². The molecule has 0 saturated carbocycles. The minimum atomic E-state index is 0.238. The Morgan fingerprint density at radius 1 is 1.41 bits per heavy atom. The maximum atomic E-state index is 4.34. The highest BCUT2D eigenvalue weighted by molar-refractivity contribution is 5.21. The maximum absolute atomic E-state index is 4.34. The van der Waals surface area contributed by atoms with Gasteiger partial charge in [0.2, 0.25) is 0 Å². The van der Waals surface area contributed by atoms with Crippen molar-refractivity contribution in [2.75, 3.05) is 0 Å². The zero-order chi connectivity index (χ0) is 12.3. The Morgan fingerprint density at radius 2 is 2.24 bits per heavy atom. The molecule has 90 valence electrons. The van der Waals surface area contributed by atoms with Crippen LogP contribution in [0.2, 0.25) is 0 Å². The van der Waals surface area contributed by atoms with Crippen molar-refractivity contribution in [3.63, 3.8) is 0 Å². The molecule has 0 aromatic carbocycles. The normalized spacial score (nSPS) is 12.6.